The molecule has 3 N–H and O–H groups in total. The highest BCUT2D eigenvalue weighted by atomic mass is 35.5. The average molecular weight is 356 g/mol. The molecule has 1 amide bonds. The Morgan fingerprint density at radius 2 is 2.33 bits per heavy atom. The number of nitrogens with zero attached hydrogens (tertiary/aromatic N) is 1. The molecule has 24 heavy (non-hydrogen) atoms. The number of nitrogens with one attached hydrogen (secondary N) is 1. The number of benzene rings is 1. The fourth-order valence-corrected chi connectivity index (χ4v) is 3.39. The van der Waals surface area contributed by atoms with Crippen LogP contribution in [-0.2, 0) is 9.53 Å². The fraction of sp³-hybridized carbons (Fsp3) is 0.588. The molecule has 0 radical (unpaired) electrons. The summed E-state index contributed by atoms with van der Waals surface area (Å²) in [6.07, 6.45) is 1.43. The summed E-state index contributed by atoms with van der Waals surface area (Å²) in [4.78, 5) is 14.3. The zero-order chi connectivity index (χ0) is 17.3. The first-order valence-electron chi connectivity index (χ1n) is 8.27. The van der Waals surface area contributed by atoms with Crippen LogP contribution in [0.3, 0.4) is 0 Å². The first-order chi connectivity index (χ1) is 11.4. The molecule has 0 bridgehead atoms. The Balaban J connectivity index is 1.81. The van der Waals surface area contributed by atoms with Gasteiger partial charge in [0.15, 0.2) is 0 Å². The van der Waals surface area contributed by atoms with Crippen molar-refractivity contribution in [2.24, 2.45) is 5.73 Å². The van der Waals surface area contributed by atoms with Gasteiger partial charge in [0.1, 0.15) is 5.82 Å². The zero-order valence-corrected chi connectivity index (χ0v) is 14.5. The van der Waals surface area contributed by atoms with E-state index >= 15 is 0 Å². The van der Waals surface area contributed by atoms with Crippen LogP contribution in [0.5, 0.6) is 0 Å². The van der Waals surface area contributed by atoms with E-state index in [1.807, 2.05) is 6.92 Å². The first-order valence-corrected chi connectivity index (χ1v) is 8.65. The molecule has 1 aliphatic heterocycles. The van der Waals surface area contributed by atoms with Crippen LogP contribution in [-0.4, -0.2) is 48.7 Å². The summed E-state index contributed by atoms with van der Waals surface area (Å²) < 4.78 is 20.0. The van der Waals surface area contributed by atoms with Gasteiger partial charge in [-0.3, -0.25) is 9.69 Å². The Bertz CT molecular complexity index is 604. The lowest BCUT2D eigenvalue weighted by atomic mass is 10.0. The van der Waals surface area contributed by atoms with Crippen LogP contribution >= 0.6 is 11.6 Å². The maximum absolute atomic E-state index is 14.4. The fourth-order valence-electron chi connectivity index (χ4n) is 3.10. The Labute approximate surface area is 146 Å². The monoisotopic (exact) mass is 355 g/mol. The third-order valence-corrected chi connectivity index (χ3v) is 5.07. The molecular formula is C17H23ClFN3O2. The molecule has 0 aromatic heterocycles. The Morgan fingerprint density at radius 3 is 2.96 bits per heavy atom. The predicted molar refractivity (Wildman–Crippen MR) is 90.3 cm³/mol. The van der Waals surface area contributed by atoms with E-state index in [9.17, 15) is 9.18 Å². The predicted octanol–water partition coefficient (Wildman–Crippen LogP) is 1.85. The van der Waals surface area contributed by atoms with Crippen molar-refractivity contribution in [1.82, 2.24) is 10.2 Å². The van der Waals surface area contributed by atoms with E-state index in [4.69, 9.17) is 22.1 Å². The van der Waals surface area contributed by atoms with Gasteiger partial charge in [-0.25, -0.2) is 4.39 Å². The second-order valence-corrected chi connectivity index (χ2v) is 7.10. The highest BCUT2D eigenvalue weighted by molar-refractivity contribution is 6.31. The van der Waals surface area contributed by atoms with Crippen LogP contribution in [0.2, 0.25) is 5.02 Å². The van der Waals surface area contributed by atoms with Crippen molar-refractivity contribution in [2.75, 3.05) is 26.2 Å². The lowest BCUT2D eigenvalue weighted by molar-refractivity contribution is -0.123. The van der Waals surface area contributed by atoms with E-state index in [1.54, 1.807) is 12.1 Å². The van der Waals surface area contributed by atoms with Gasteiger partial charge in [0.25, 0.3) is 0 Å². The highest BCUT2D eigenvalue weighted by Crippen LogP contribution is 2.34. The molecule has 1 aromatic carbocycles. The third-order valence-electron chi connectivity index (χ3n) is 4.74. The largest absolute Gasteiger partial charge is 0.376 e. The molecule has 2 fully saturated rings. The van der Waals surface area contributed by atoms with Crippen molar-refractivity contribution in [3.05, 3.63) is 34.6 Å². The van der Waals surface area contributed by atoms with Gasteiger partial charge in [-0.1, -0.05) is 17.7 Å². The Hall–Kier alpha value is -1.21. The van der Waals surface area contributed by atoms with E-state index in [0.717, 1.165) is 0 Å². The van der Waals surface area contributed by atoms with Crippen LogP contribution in [0.15, 0.2) is 18.2 Å². The summed E-state index contributed by atoms with van der Waals surface area (Å²) in [5, 5.41) is 3.24. The SMILES string of the molecule is C[C@H]1CN([C@@H](CNC(=O)C2(N)CC2)c2c(F)cccc2Cl)CCO1. The number of amides is 1. The van der Waals surface area contributed by atoms with Gasteiger partial charge >= 0.3 is 0 Å². The smallest absolute Gasteiger partial charge is 0.240 e. The number of halogens is 2. The van der Waals surface area contributed by atoms with Crippen molar-refractivity contribution >= 4 is 17.5 Å². The molecule has 2 atom stereocenters. The quantitative estimate of drug-likeness (QED) is 0.846. The number of rotatable bonds is 5. The zero-order valence-electron chi connectivity index (χ0n) is 13.7. The second-order valence-electron chi connectivity index (χ2n) is 6.69. The molecular weight excluding hydrogens is 333 g/mol. The first kappa shape index (κ1) is 17.6. The van der Waals surface area contributed by atoms with E-state index in [0.29, 0.717) is 43.1 Å². The molecule has 1 heterocycles. The minimum absolute atomic E-state index is 0.0479. The van der Waals surface area contributed by atoms with Crippen LogP contribution in [0.1, 0.15) is 31.4 Å². The third kappa shape index (κ3) is 3.72. The van der Waals surface area contributed by atoms with E-state index in [1.165, 1.54) is 6.07 Å². The Kier molecular flexibility index (Phi) is 5.11. The van der Waals surface area contributed by atoms with Crippen molar-refractivity contribution in [2.45, 2.75) is 37.5 Å². The van der Waals surface area contributed by atoms with Crippen molar-refractivity contribution in [3.63, 3.8) is 0 Å². The summed E-state index contributed by atoms with van der Waals surface area (Å²) in [5.41, 5.74) is 5.59. The van der Waals surface area contributed by atoms with Crippen molar-refractivity contribution < 1.29 is 13.9 Å². The van der Waals surface area contributed by atoms with Gasteiger partial charge in [0, 0.05) is 30.2 Å². The highest BCUT2D eigenvalue weighted by Gasteiger charge is 2.46. The molecule has 7 heteroatoms. The van der Waals surface area contributed by atoms with Gasteiger partial charge in [0.2, 0.25) is 5.91 Å². The minimum atomic E-state index is -0.748. The van der Waals surface area contributed by atoms with E-state index in [2.05, 4.69) is 10.2 Å². The molecule has 0 unspecified atom stereocenters. The topological polar surface area (TPSA) is 67.6 Å². The molecule has 5 nitrogen and oxygen atoms in total. The summed E-state index contributed by atoms with van der Waals surface area (Å²) in [5.74, 6) is -0.545. The summed E-state index contributed by atoms with van der Waals surface area (Å²) in [6.45, 7) is 4.12. The van der Waals surface area contributed by atoms with Crippen LogP contribution in [0.4, 0.5) is 4.39 Å². The number of carbonyl (C=O) groups excluding carboxylic acids is 1. The van der Waals surface area contributed by atoms with Gasteiger partial charge in [-0.05, 0) is 31.9 Å². The molecule has 0 spiro atoms. The lowest BCUT2D eigenvalue weighted by Gasteiger charge is -2.38. The number of hydrogen-bond acceptors (Lipinski definition) is 4. The number of nitrogens with two attached hydrogens (primary N) is 1. The number of hydrogen-bond donors (Lipinski definition) is 2. The molecule has 1 saturated heterocycles. The molecule has 1 saturated carbocycles. The molecule has 1 aromatic rings. The van der Waals surface area contributed by atoms with Gasteiger partial charge in [0.05, 0.1) is 24.3 Å². The summed E-state index contributed by atoms with van der Waals surface area (Å²) in [6, 6.07) is 4.30. The van der Waals surface area contributed by atoms with Gasteiger partial charge in [-0.15, -0.1) is 0 Å². The van der Waals surface area contributed by atoms with Gasteiger partial charge < -0.3 is 15.8 Å². The summed E-state index contributed by atoms with van der Waals surface area (Å²) in [7, 11) is 0. The second kappa shape index (κ2) is 6.96. The number of morpholine rings is 1. The van der Waals surface area contributed by atoms with Crippen LogP contribution < -0.4 is 11.1 Å². The maximum Gasteiger partial charge on any atom is 0.240 e. The standard InChI is InChI=1S/C17H23ClFN3O2/c1-11-10-22(7-8-24-11)14(9-21-16(23)17(20)5-6-17)15-12(18)3-2-4-13(15)19/h2-4,11,14H,5-10,20H2,1H3,(H,21,23)/t11-,14-/m0/s1. The van der Waals surface area contributed by atoms with Gasteiger partial charge in [-0.2, -0.15) is 0 Å². The number of carbonyl (C=O) groups is 1. The van der Waals surface area contributed by atoms with E-state index in [-0.39, 0.29) is 30.4 Å². The average Bonchev–Trinajstić information content (AvgIpc) is 3.29. The van der Waals surface area contributed by atoms with Crippen molar-refractivity contribution in [1.29, 1.82) is 0 Å². The molecule has 3 rings (SSSR count). The number of ether oxygens (including phenoxy) is 1. The molecule has 2 aliphatic rings. The minimum Gasteiger partial charge on any atom is -0.376 e. The van der Waals surface area contributed by atoms with Crippen LogP contribution in [0, 0.1) is 5.82 Å². The summed E-state index contributed by atoms with van der Waals surface area (Å²) >= 11 is 6.26. The van der Waals surface area contributed by atoms with Crippen molar-refractivity contribution in [3.8, 4) is 0 Å². The maximum atomic E-state index is 14.4. The lowest BCUT2D eigenvalue weighted by Crippen LogP contribution is -2.49. The molecule has 1 aliphatic carbocycles. The van der Waals surface area contributed by atoms with E-state index < -0.39 is 5.54 Å². The normalized spacial score (nSPS) is 24.4. The van der Waals surface area contributed by atoms with Crippen LogP contribution in [0.25, 0.3) is 0 Å². The Morgan fingerprint density at radius 1 is 1.58 bits per heavy atom. The molecule has 132 valence electrons.